The van der Waals surface area contributed by atoms with E-state index in [1.54, 1.807) is 0 Å². The number of benzene rings is 1. The second kappa shape index (κ2) is 3.90. The number of aromatic amines is 1. The van der Waals surface area contributed by atoms with Crippen LogP contribution < -0.4 is 5.14 Å². The molecule has 0 amide bonds. The van der Waals surface area contributed by atoms with Crippen LogP contribution in [0.15, 0.2) is 29.3 Å². The van der Waals surface area contributed by atoms with Gasteiger partial charge in [-0.1, -0.05) is 0 Å². The van der Waals surface area contributed by atoms with E-state index in [0.29, 0.717) is 0 Å². The second-order valence-electron chi connectivity index (χ2n) is 3.28. The third-order valence-electron chi connectivity index (χ3n) is 2.12. The summed E-state index contributed by atoms with van der Waals surface area (Å²) in [5, 5.41) is 10.8. The SMILES string of the molecule is NS(=O)(=O)c1cn[nH]c1-c1ccc(F)c(F)c1. The Balaban J connectivity index is 2.62. The molecular formula is C9H7F2N3O2S. The number of hydrogen-bond donors (Lipinski definition) is 2. The van der Waals surface area contributed by atoms with Gasteiger partial charge in [0.15, 0.2) is 11.6 Å². The molecular weight excluding hydrogens is 252 g/mol. The van der Waals surface area contributed by atoms with Gasteiger partial charge in [0.25, 0.3) is 0 Å². The molecule has 0 saturated heterocycles. The summed E-state index contributed by atoms with van der Waals surface area (Å²) >= 11 is 0. The molecule has 0 spiro atoms. The van der Waals surface area contributed by atoms with Crippen molar-refractivity contribution < 1.29 is 17.2 Å². The van der Waals surface area contributed by atoms with Crippen molar-refractivity contribution in [3.8, 4) is 11.3 Å². The van der Waals surface area contributed by atoms with Crippen LogP contribution in [-0.4, -0.2) is 18.6 Å². The van der Waals surface area contributed by atoms with Crippen LogP contribution in [0.1, 0.15) is 0 Å². The molecule has 2 aromatic rings. The average Bonchev–Trinajstić information content (AvgIpc) is 2.70. The van der Waals surface area contributed by atoms with Crippen molar-refractivity contribution in [2.45, 2.75) is 4.90 Å². The Morgan fingerprint density at radius 1 is 1.24 bits per heavy atom. The molecule has 0 saturated carbocycles. The van der Waals surface area contributed by atoms with Gasteiger partial charge in [-0.15, -0.1) is 0 Å². The van der Waals surface area contributed by atoms with Crippen LogP contribution in [0, 0.1) is 11.6 Å². The maximum atomic E-state index is 13.0. The number of nitrogens with one attached hydrogen (secondary N) is 1. The van der Waals surface area contributed by atoms with E-state index in [1.807, 2.05) is 0 Å². The van der Waals surface area contributed by atoms with Crippen molar-refractivity contribution in [1.29, 1.82) is 0 Å². The van der Waals surface area contributed by atoms with E-state index in [0.717, 1.165) is 18.3 Å². The van der Waals surface area contributed by atoms with Gasteiger partial charge in [-0.25, -0.2) is 22.3 Å². The van der Waals surface area contributed by atoms with Crippen molar-refractivity contribution in [2.75, 3.05) is 0 Å². The van der Waals surface area contributed by atoms with Gasteiger partial charge in [-0.05, 0) is 18.2 Å². The smallest absolute Gasteiger partial charge is 0.241 e. The van der Waals surface area contributed by atoms with Crippen molar-refractivity contribution in [3.63, 3.8) is 0 Å². The average molecular weight is 259 g/mol. The van der Waals surface area contributed by atoms with E-state index in [9.17, 15) is 17.2 Å². The van der Waals surface area contributed by atoms with Crippen molar-refractivity contribution in [1.82, 2.24) is 10.2 Å². The lowest BCUT2D eigenvalue weighted by atomic mass is 10.1. The minimum Gasteiger partial charge on any atom is -0.276 e. The molecule has 5 nitrogen and oxygen atoms in total. The molecule has 8 heteroatoms. The van der Waals surface area contributed by atoms with Gasteiger partial charge in [-0.3, -0.25) is 5.10 Å². The quantitative estimate of drug-likeness (QED) is 0.843. The summed E-state index contributed by atoms with van der Waals surface area (Å²) in [5.74, 6) is -2.11. The summed E-state index contributed by atoms with van der Waals surface area (Å²) in [5.41, 5.74) is 0.164. The van der Waals surface area contributed by atoms with Crippen molar-refractivity contribution in [2.24, 2.45) is 5.14 Å². The van der Waals surface area contributed by atoms with Crippen molar-refractivity contribution >= 4 is 10.0 Å². The highest BCUT2D eigenvalue weighted by molar-refractivity contribution is 7.89. The van der Waals surface area contributed by atoms with Crippen LogP contribution in [0.5, 0.6) is 0 Å². The Morgan fingerprint density at radius 2 is 1.94 bits per heavy atom. The van der Waals surface area contributed by atoms with Gasteiger partial charge < -0.3 is 0 Å². The second-order valence-corrected chi connectivity index (χ2v) is 4.81. The Morgan fingerprint density at radius 3 is 2.53 bits per heavy atom. The molecule has 0 radical (unpaired) electrons. The number of rotatable bonds is 2. The van der Waals surface area contributed by atoms with Gasteiger partial charge in [0, 0.05) is 5.56 Å². The summed E-state index contributed by atoms with van der Waals surface area (Å²) in [6.45, 7) is 0. The third kappa shape index (κ3) is 2.17. The van der Waals surface area contributed by atoms with Crippen LogP contribution in [0.2, 0.25) is 0 Å². The molecule has 17 heavy (non-hydrogen) atoms. The number of H-pyrrole nitrogens is 1. The molecule has 1 heterocycles. The highest BCUT2D eigenvalue weighted by atomic mass is 32.2. The summed E-state index contributed by atoms with van der Waals surface area (Å²) in [6.07, 6.45) is 1.01. The predicted molar refractivity (Wildman–Crippen MR) is 55.3 cm³/mol. The summed E-state index contributed by atoms with van der Waals surface area (Å²) in [4.78, 5) is -0.275. The number of halogens is 2. The molecule has 1 aromatic heterocycles. The zero-order valence-electron chi connectivity index (χ0n) is 8.31. The van der Waals surface area contributed by atoms with Crippen LogP contribution >= 0.6 is 0 Å². The fourth-order valence-corrected chi connectivity index (χ4v) is 2.00. The van der Waals surface area contributed by atoms with Gasteiger partial charge >= 0.3 is 0 Å². The molecule has 2 rings (SSSR count). The molecule has 0 bridgehead atoms. The fraction of sp³-hybridized carbons (Fsp3) is 0. The molecule has 3 N–H and O–H groups in total. The van der Waals surface area contributed by atoms with Crippen LogP contribution in [0.3, 0.4) is 0 Å². The van der Waals surface area contributed by atoms with E-state index >= 15 is 0 Å². The van der Waals surface area contributed by atoms with Crippen molar-refractivity contribution in [3.05, 3.63) is 36.0 Å². The number of sulfonamides is 1. The molecule has 0 fully saturated rings. The van der Waals surface area contributed by atoms with E-state index in [1.165, 1.54) is 6.07 Å². The molecule has 0 aliphatic carbocycles. The first-order valence-corrected chi connectivity index (χ1v) is 5.96. The van der Waals surface area contributed by atoms with Crippen LogP contribution in [0.25, 0.3) is 11.3 Å². The predicted octanol–water partition coefficient (Wildman–Crippen LogP) is 1.00. The van der Waals surface area contributed by atoms with Crippen LogP contribution in [0.4, 0.5) is 8.78 Å². The lowest BCUT2D eigenvalue weighted by molar-refractivity contribution is 0.509. The Labute approximate surface area is 95.3 Å². The first-order chi connectivity index (χ1) is 7.89. The number of hydrogen-bond acceptors (Lipinski definition) is 3. The lowest BCUT2D eigenvalue weighted by Crippen LogP contribution is -2.12. The Hall–Kier alpha value is -1.80. The third-order valence-corrected chi connectivity index (χ3v) is 3.04. The van der Waals surface area contributed by atoms with E-state index in [-0.39, 0.29) is 16.2 Å². The number of nitrogens with two attached hydrogens (primary N) is 1. The maximum Gasteiger partial charge on any atom is 0.241 e. The maximum absolute atomic E-state index is 13.0. The van der Waals surface area contributed by atoms with Gasteiger partial charge in [0.1, 0.15) is 4.90 Å². The summed E-state index contributed by atoms with van der Waals surface area (Å²) in [7, 11) is -3.97. The van der Waals surface area contributed by atoms with Gasteiger partial charge in [-0.2, -0.15) is 5.10 Å². The molecule has 1 aromatic carbocycles. The largest absolute Gasteiger partial charge is 0.276 e. The van der Waals surface area contributed by atoms with E-state index < -0.39 is 21.7 Å². The minimum atomic E-state index is -3.97. The molecule has 0 aliphatic heterocycles. The standard InChI is InChI=1S/C9H7F2N3O2S/c10-6-2-1-5(3-7(6)11)9-8(4-13-14-9)17(12,15)16/h1-4H,(H,13,14)(H2,12,15,16). The number of primary sulfonamides is 1. The van der Waals surface area contributed by atoms with Gasteiger partial charge in [0.05, 0.1) is 11.9 Å². The Bertz CT molecular complexity index is 667. The monoisotopic (exact) mass is 259 g/mol. The minimum absolute atomic E-state index is 0.0198. The topological polar surface area (TPSA) is 88.8 Å². The zero-order chi connectivity index (χ0) is 12.6. The highest BCUT2D eigenvalue weighted by Gasteiger charge is 2.18. The number of aromatic nitrogens is 2. The van der Waals surface area contributed by atoms with Gasteiger partial charge in [0.2, 0.25) is 10.0 Å². The normalized spacial score (nSPS) is 11.7. The molecule has 0 aliphatic rings. The van der Waals surface area contributed by atoms with E-state index in [4.69, 9.17) is 5.14 Å². The van der Waals surface area contributed by atoms with Crippen LogP contribution in [-0.2, 0) is 10.0 Å². The fourth-order valence-electron chi connectivity index (χ4n) is 1.35. The highest BCUT2D eigenvalue weighted by Crippen LogP contribution is 2.25. The first-order valence-electron chi connectivity index (χ1n) is 4.41. The summed E-state index contributed by atoms with van der Waals surface area (Å²) < 4.78 is 48.1. The Kier molecular flexibility index (Phi) is 2.68. The van der Waals surface area contributed by atoms with E-state index in [2.05, 4.69) is 10.2 Å². The first kappa shape index (κ1) is 11.7. The summed E-state index contributed by atoms with van der Waals surface area (Å²) in [6, 6.07) is 2.97. The lowest BCUT2D eigenvalue weighted by Gasteiger charge is -2.02. The zero-order valence-corrected chi connectivity index (χ0v) is 9.13. The number of nitrogens with zero attached hydrogens (tertiary/aromatic N) is 1. The molecule has 0 unspecified atom stereocenters. The molecule has 90 valence electrons. The molecule has 0 atom stereocenters.